The van der Waals surface area contributed by atoms with Crippen LogP contribution in [0.15, 0.2) is 29.6 Å². The first kappa shape index (κ1) is 10.1. The summed E-state index contributed by atoms with van der Waals surface area (Å²) in [5.41, 5.74) is 4.38. The molecule has 0 fully saturated rings. The fraction of sp³-hybridized carbons (Fsp3) is 0.154. The van der Waals surface area contributed by atoms with Crippen molar-refractivity contribution in [3.05, 3.63) is 46.3 Å². The highest BCUT2D eigenvalue weighted by Crippen LogP contribution is 2.30. The van der Waals surface area contributed by atoms with Gasteiger partial charge in [0, 0.05) is 10.4 Å². The summed E-state index contributed by atoms with van der Waals surface area (Å²) in [5, 5.41) is 2.13. The van der Waals surface area contributed by atoms with Crippen LogP contribution in [0.25, 0.3) is 10.4 Å². The SMILES string of the molecule is Cc1csc(-c2cc(C=O)ccc2C)c1. The number of carbonyl (C=O) groups is 1. The van der Waals surface area contributed by atoms with Crippen LogP contribution < -0.4 is 0 Å². The molecule has 2 rings (SSSR count). The average molecular weight is 216 g/mol. The minimum Gasteiger partial charge on any atom is -0.298 e. The predicted molar refractivity (Wildman–Crippen MR) is 64.6 cm³/mol. The van der Waals surface area contributed by atoms with Crippen LogP contribution in [0.5, 0.6) is 0 Å². The fourth-order valence-corrected chi connectivity index (χ4v) is 2.53. The van der Waals surface area contributed by atoms with Gasteiger partial charge >= 0.3 is 0 Å². The highest BCUT2D eigenvalue weighted by Gasteiger charge is 2.05. The standard InChI is InChI=1S/C13H12OS/c1-9-5-13(15-8-9)12-6-11(7-14)4-3-10(12)2/h3-8H,1-2H3. The summed E-state index contributed by atoms with van der Waals surface area (Å²) in [4.78, 5) is 11.9. The zero-order valence-corrected chi connectivity index (χ0v) is 9.60. The lowest BCUT2D eigenvalue weighted by Gasteiger charge is -2.03. The van der Waals surface area contributed by atoms with Crippen molar-refractivity contribution in [1.82, 2.24) is 0 Å². The Labute approximate surface area is 93.4 Å². The van der Waals surface area contributed by atoms with Crippen molar-refractivity contribution >= 4 is 17.6 Å². The molecule has 1 nitrogen and oxygen atoms in total. The van der Waals surface area contributed by atoms with E-state index in [-0.39, 0.29) is 0 Å². The van der Waals surface area contributed by atoms with Gasteiger partial charge in [0.15, 0.2) is 0 Å². The topological polar surface area (TPSA) is 17.1 Å². The van der Waals surface area contributed by atoms with Crippen LogP contribution in [0.4, 0.5) is 0 Å². The molecule has 0 amide bonds. The summed E-state index contributed by atoms with van der Waals surface area (Å²) in [6.45, 7) is 4.15. The smallest absolute Gasteiger partial charge is 0.150 e. The zero-order valence-electron chi connectivity index (χ0n) is 8.78. The number of aldehydes is 1. The van der Waals surface area contributed by atoms with Gasteiger partial charge in [0.25, 0.3) is 0 Å². The Balaban J connectivity index is 2.55. The van der Waals surface area contributed by atoms with Crippen molar-refractivity contribution in [3.8, 4) is 10.4 Å². The molecular formula is C13H12OS. The summed E-state index contributed by atoms with van der Waals surface area (Å²) in [6.07, 6.45) is 0.892. The Morgan fingerprint density at radius 2 is 2.00 bits per heavy atom. The van der Waals surface area contributed by atoms with Gasteiger partial charge in [0.1, 0.15) is 6.29 Å². The van der Waals surface area contributed by atoms with Crippen molar-refractivity contribution in [3.63, 3.8) is 0 Å². The van der Waals surface area contributed by atoms with E-state index >= 15 is 0 Å². The van der Waals surface area contributed by atoms with E-state index in [0.29, 0.717) is 0 Å². The molecule has 0 aliphatic carbocycles. The molecule has 0 unspecified atom stereocenters. The molecule has 0 bridgehead atoms. The van der Waals surface area contributed by atoms with Crippen molar-refractivity contribution in [2.75, 3.05) is 0 Å². The normalized spacial score (nSPS) is 10.3. The van der Waals surface area contributed by atoms with Crippen LogP contribution in [-0.2, 0) is 0 Å². The highest BCUT2D eigenvalue weighted by atomic mass is 32.1. The molecule has 1 aromatic heterocycles. The average Bonchev–Trinajstić information content (AvgIpc) is 2.65. The van der Waals surface area contributed by atoms with Crippen LogP contribution in [0, 0.1) is 13.8 Å². The summed E-state index contributed by atoms with van der Waals surface area (Å²) in [7, 11) is 0. The summed E-state index contributed by atoms with van der Waals surface area (Å²) >= 11 is 1.72. The van der Waals surface area contributed by atoms with E-state index in [1.54, 1.807) is 11.3 Å². The quantitative estimate of drug-likeness (QED) is 0.697. The van der Waals surface area contributed by atoms with Gasteiger partial charge in [0.05, 0.1) is 0 Å². The molecule has 0 aliphatic rings. The van der Waals surface area contributed by atoms with Gasteiger partial charge in [0.2, 0.25) is 0 Å². The van der Waals surface area contributed by atoms with E-state index in [0.717, 1.165) is 17.4 Å². The maximum Gasteiger partial charge on any atom is 0.150 e. The maximum absolute atomic E-state index is 10.7. The number of rotatable bonds is 2. The van der Waals surface area contributed by atoms with E-state index in [4.69, 9.17) is 0 Å². The summed E-state index contributed by atoms with van der Waals surface area (Å²) in [5.74, 6) is 0. The van der Waals surface area contributed by atoms with Crippen LogP contribution in [0.3, 0.4) is 0 Å². The Hall–Kier alpha value is -1.41. The molecule has 0 spiro atoms. The summed E-state index contributed by atoms with van der Waals surface area (Å²) < 4.78 is 0. The third-order valence-corrected chi connectivity index (χ3v) is 3.48. The van der Waals surface area contributed by atoms with Gasteiger partial charge in [-0.15, -0.1) is 11.3 Å². The lowest BCUT2D eigenvalue weighted by molar-refractivity contribution is 0.112. The molecule has 0 radical (unpaired) electrons. The van der Waals surface area contributed by atoms with Crippen LogP contribution >= 0.6 is 11.3 Å². The first-order chi connectivity index (χ1) is 7.20. The Kier molecular flexibility index (Phi) is 2.69. The molecule has 0 saturated heterocycles. The number of hydrogen-bond donors (Lipinski definition) is 0. The highest BCUT2D eigenvalue weighted by molar-refractivity contribution is 7.13. The molecular weight excluding hydrogens is 204 g/mol. The Bertz CT molecular complexity index is 497. The molecule has 1 aromatic carbocycles. The van der Waals surface area contributed by atoms with E-state index in [1.165, 1.54) is 16.0 Å². The van der Waals surface area contributed by atoms with Gasteiger partial charge in [-0.1, -0.05) is 12.1 Å². The molecule has 2 aromatic rings. The second-order valence-electron chi connectivity index (χ2n) is 3.68. The third kappa shape index (κ3) is 2.00. The van der Waals surface area contributed by atoms with Crippen molar-refractivity contribution < 1.29 is 4.79 Å². The monoisotopic (exact) mass is 216 g/mol. The lowest BCUT2D eigenvalue weighted by atomic mass is 10.0. The first-order valence-electron chi connectivity index (χ1n) is 4.82. The third-order valence-electron chi connectivity index (χ3n) is 2.39. The molecule has 0 N–H and O–H groups in total. The van der Waals surface area contributed by atoms with E-state index in [9.17, 15) is 4.79 Å². The molecule has 0 aliphatic heterocycles. The number of benzene rings is 1. The number of carbonyl (C=O) groups excluding carboxylic acids is 1. The van der Waals surface area contributed by atoms with Crippen LogP contribution in [0.1, 0.15) is 21.5 Å². The molecule has 2 heteroatoms. The fourth-order valence-electron chi connectivity index (χ4n) is 1.55. The number of aryl methyl sites for hydroxylation is 2. The molecule has 0 atom stereocenters. The molecule has 1 heterocycles. The maximum atomic E-state index is 10.7. The first-order valence-corrected chi connectivity index (χ1v) is 5.70. The van der Waals surface area contributed by atoms with Crippen molar-refractivity contribution in [2.45, 2.75) is 13.8 Å². The van der Waals surface area contributed by atoms with E-state index in [1.807, 2.05) is 18.2 Å². The second kappa shape index (κ2) is 3.99. The van der Waals surface area contributed by atoms with Gasteiger partial charge in [-0.3, -0.25) is 4.79 Å². The second-order valence-corrected chi connectivity index (χ2v) is 4.59. The minimum absolute atomic E-state index is 0.738. The molecule has 0 saturated carbocycles. The van der Waals surface area contributed by atoms with Gasteiger partial charge in [-0.05, 0) is 48.1 Å². The molecule has 76 valence electrons. The van der Waals surface area contributed by atoms with Crippen LogP contribution in [-0.4, -0.2) is 6.29 Å². The Morgan fingerprint density at radius 1 is 1.20 bits per heavy atom. The van der Waals surface area contributed by atoms with Gasteiger partial charge in [-0.2, -0.15) is 0 Å². The van der Waals surface area contributed by atoms with E-state index in [2.05, 4.69) is 25.3 Å². The number of hydrogen-bond acceptors (Lipinski definition) is 2. The molecule has 15 heavy (non-hydrogen) atoms. The van der Waals surface area contributed by atoms with Crippen molar-refractivity contribution in [1.29, 1.82) is 0 Å². The van der Waals surface area contributed by atoms with E-state index < -0.39 is 0 Å². The lowest BCUT2D eigenvalue weighted by Crippen LogP contribution is -1.84. The number of thiophene rings is 1. The van der Waals surface area contributed by atoms with Gasteiger partial charge < -0.3 is 0 Å². The minimum atomic E-state index is 0.738. The zero-order chi connectivity index (χ0) is 10.8. The van der Waals surface area contributed by atoms with Crippen molar-refractivity contribution in [2.24, 2.45) is 0 Å². The van der Waals surface area contributed by atoms with Crippen LogP contribution in [0.2, 0.25) is 0 Å². The Morgan fingerprint density at radius 3 is 2.60 bits per heavy atom. The predicted octanol–water partition coefficient (Wildman–Crippen LogP) is 3.84. The summed E-state index contributed by atoms with van der Waals surface area (Å²) in [6, 6.07) is 7.95. The van der Waals surface area contributed by atoms with Gasteiger partial charge in [-0.25, -0.2) is 0 Å². The largest absolute Gasteiger partial charge is 0.298 e.